The summed E-state index contributed by atoms with van der Waals surface area (Å²) in [7, 11) is 0. The van der Waals surface area contributed by atoms with Crippen molar-refractivity contribution in [3.63, 3.8) is 0 Å². The van der Waals surface area contributed by atoms with Crippen molar-refractivity contribution in [2.45, 2.75) is 46.1 Å². The molecular formula is C16H22N6O. The second kappa shape index (κ2) is 6.44. The third kappa shape index (κ3) is 3.09. The van der Waals surface area contributed by atoms with E-state index in [1.165, 1.54) is 6.33 Å². The van der Waals surface area contributed by atoms with Gasteiger partial charge in [0.05, 0.1) is 17.3 Å². The summed E-state index contributed by atoms with van der Waals surface area (Å²) >= 11 is 0. The van der Waals surface area contributed by atoms with Gasteiger partial charge in [-0.15, -0.1) is 0 Å². The zero-order valence-corrected chi connectivity index (χ0v) is 13.9. The minimum absolute atomic E-state index is 0.0154. The van der Waals surface area contributed by atoms with Crippen molar-refractivity contribution in [1.29, 1.82) is 0 Å². The SMILES string of the molecule is CCc1ncncc1C(=O)N1CCC[C@H](n2nc(C)nc2C)C1. The van der Waals surface area contributed by atoms with Crippen molar-refractivity contribution in [3.05, 3.63) is 35.4 Å². The standard InChI is InChI=1S/C16H22N6O/c1-4-15-14(8-17-10-18-15)16(23)21-7-5-6-13(9-21)22-12(3)19-11(2)20-22/h8,10,13H,4-7,9H2,1-3H3/t13-/m0/s1. The van der Waals surface area contributed by atoms with Gasteiger partial charge in [0.1, 0.15) is 18.0 Å². The van der Waals surface area contributed by atoms with Crippen LogP contribution >= 0.6 is 0 Å². The molecule has 0 unspecified atom stereocenters. The van der Waals surface area contributed by atoms with Crippen LogP contribution in [0.4, 0.5) is 0 Å². The van der Waals surface area contributed by atoms with Crippen LogP contribution in [0.1, 0.15) is 53.5 Å². The largest absolute Gasteiger partial charge is 0.336 e. The fraction of sp³-hybridized carbons (Fsp3) is 0.562. The van der Waals surface area contributed by atoms with E-state index in [4.69, 9.17) is 0 Å². The lowest BCUT2D eigenvalue weighted by molar-refractivity contribution is 0.0669. The molecule has 1 amide bonds. The number of rotatable bonds is 3. The molecule has 2 aromatic rings. The summed E-state index contributed by atoms with van der Waals surface area (Å²) in [6.07, 6.45) is 5.82. The average molecular weight is 314 g/mol. The summed E-state index contributed by atoms with van der Waals surface area (Å²) < 4.78 is 1.96. The van der Waals surface area contributed by atoms with E-state index in [0.717, 1.165) is 43.1 Å². The predicted octanol–water partition coefficient (Wildman–Crippen LogP) is 1.72. The van der Waals surface area contributed by atoms with Gasteiger partial charge in [-0.25, -0.2) is 19.6 Å². The van der Waals surface area contributed by atoms with Crippen LogP contribution < -0.4 is 0 Å². The van der Waals surface area contributed by atoms with E-state index < -0.39 is 0 Å². The second-order valence-corrected chi connectivity index (χ2v) is 5.93. The number of amides is 1. The summed E-state index contributed by atoms with van der Waals surface area (Å²) in [5.74, 6) is 1.69. The topological polar surface area (TPSA) is 76.8 Å². The van der Waals surface area contributed by atoms with Crippen LogP contribution in [0.5, 0.6) is 0 Å². The van der Waals surface area contributed by atoms with Crippen LogP contribution in [0, 0.1) is 13.8 Å². The molecule has 122 valence electrons. The molecule has 3 rings (SSSR count). The molecule has 0 aliphatic carbocycles. The predicted molar refractivity (Wildman–Crippen MR) is 85.1 cm³/mol. The summed E-state index contributed by atoms with van der Waals surface area (Å²) in [6.45, 7) is 7.27. The first-order valence-electron chi connectivity index (χ1n) is 8.08. The molecule has 0 N–H and O–H groups in total. The Balaban J connectivity index is 1.81. The van der Waals surface area contributed by atoms with E-state index in [2.05, 4.69) is 20.1 Å². The van der Waals surface area contributed by atoms with Crippen LogP contribution in [0.2, 0.25) is 0 Å². The van der Waals surface area contributed by atoms with Crippen molar-refractivity contribution < 1.29 is 4.79 Å². The Kier molecular flexibility index (Phi) is 4.36. The molecule has 0 saturated carbocycles. The van der Waals surface area contributed by atoms with Crippen molar-refractivity contribution in [1.82, 2.24) is 29.6 Å². The number of hydrogen-bond donors (Lipinski definition) is 0. The summed E-state index contributed by atoms with van der Waals surface area (Å²) in [6, 6.07) is 0.184. The Morgan fingerprint density at radius 3 is 2.91 bits per heavy atom. The minimum atomic E-state index is 0.0154. The fourth-order valence-corrected chi connectivity index (χ4v) is 3.21. The Labute approximate surface area is 135 Å². The third-order valence-electron chi connectivity index (χ3n) is 4.30. The highest BCUT2D eigenvalue weighted by Gasteiger charge is 2.28. The van der Waals surface area contributed by atoms with Crippen LogP contribution in [0.15, 0.2) is 12.5 Å². The third-order valence-corrected chi connectivity index (χ3v) is 4.30. The van der Waals surface area contributed by atoms with Gasteiger partial charge in [0, 0.05) is 19.3 Å². The zero-order chi connectivity index (χ0) is 16.4. The van der Waals surface area contributed by atoms with Gasteiger partial charge in [-0.05, 0) is 33.1 Å². The van der Waals surface area contributed by atoms with Crippen molar-refractivity contribution in [2.75, 3.05) is 13.1 Å². The van der Waals surface area contributed by atoms with Gasteiger partial charge in [0.15, 0.2) is 0 Å². The molecule has 1 aliphatic rings. The lowest BCUT2D eigenvalue weighted by atomic mass is 10.0. The number of piperidine rings is 1. The smallest absolute Gasteiger partial charge is 0.257 e. The van der Waals surface area contributed by atoms with Crippen LogP contribution in [0.3, 0.4) is 0 Å². The molecular weight excluding hydrogens is 292 g/mol. The first kappa shape index (κ1) is 15.6. The van der Waals surface area contributed by atoms with Crippen molar-refractivity contribution >= 4 is 5.91 Å². The van der Waals surface area contributed by atoms with Gasteiger partial charge >= 0.3 is 0 Å². The molecule has 0 spiro atoms. The molecule has 2 aromatic heterocycles. The maximum Gasteiger partial charge on any atom is 0.257 e. The molecule has 1 fully saturated rings. The minimum Gasteiger partial charge on any atom is -0.336 e. The van der Waals surface area contributed by atoms with Crippen molar-refractivity contribution in [2.24, 2.45) is 0 Å². The van der Waals surface area contributed by atoms with Gasteiger partial charge in [-0.2, -0.15) is 5.10 Å². The van der Waals surface area contributed by atoms with Crippen LogP contribution in [-0.2, 0) is 6.42 Å². The van der Waals surface area contributed by atoms with Gasteiger partial charge in [-0.3, -0.25) is 4.79 Å². The lowest BCUT2D eigenvalue weighted by Gasteiger charge is -2.33. The Morgan fingerprint density at radius 2 is 2.22 bits per heavy atom. The quantitative estimate of drug-likeness (QED) is 0.862. The molecule has 7 nitrogen and oxygen atoms in total. The molecule has 1 aliphatic heterocycles. The second-order valence-electron chi connectivity index (χ2n) is 5.93. The number of aromatic nitrogens is 5. The Hall–Kier alpha value is -2.31. The van der Waals surface area contributed by atoms with E-state index >= 15 is 0 Å². The van der Waals surface area contributed by atoms with E-state index in [0.29, 0.717) is 12.1 Å². The monoisotopic (exact) mass is 314 g/mol. The first-order valence-corrected chi connectivity index (χ1v) is 8.08. The fourth-order valence-electron chi connectivity index (χ4n) is 3.21. The van der Waals surface area contributed by atoms with Gasteiger partial charge in [0.25, 0.3) is 5.91 Å². The van der Waals surface area contributed by atoms with Gasteiger partial charge in [-0.1, -0.05) is 6.92 Å². The number of aryl methyl sites for hydroxylation is 3. The van der Waals surface area contributed by atoms with Crippen LogP contribution in [0.25, 0.3) is 0 Å². The normalized spacial score (nSPS) is 18.2. The Morgan fingerprint density at radius 1 is 1.39 bits per heavy atom. The highest BCUT2D eigenvalue weighted by molar-refractivity contribution is 5.95. The number of carbonyl (C=O) groups excluding carboxylic acids is 1. The maximum atomic E-state index is 12.8. The average Bonchev–Trinajstić information content (AvgIpc) is 2.92. The summed E-state index contributed by atoms with van der Waals surface area (Å²) in [4.78, 5) is 27.3. The number of hydrogen-bond acceptors (Lipinski definition) is 5. The molecule has 0 bridgehead atoms. The van der Waals surface area contributed by atoms with Gasteiger partial charge in [0.2, 0.25) is 0 Å². The zero-order valence-electron chi connectivity index (χ0n) is 13.9. The first-order chi connectivity index (χ1) is 11.1. The highest BCUT2D eigenvalue weighted by Crippen LogP contribution is 2.23. The van der Waals surface area contributed by atoms with Crippen molar-refractivity contribution in [3.8, 4) is 0 Å². The van der Waals surface area contributed by atoms with E-state index in [-0.39, 0.29) is 11.9 Å². The summed E-state index contributed by atoms with van der Waals surface area (Å²) in [5.41, 5.74) is 1.42. The van der Waals surface area contributed by atoms with Gasteiger partial charge < -0.3 is 4.90 Å². The molecule has 1 atom stereocenters. The summed E-state index contributed by atoms with van der Waals surface area (Å²) in [5, 5.41) is 4.48. The highest BCUT2D eigenvalue weighted by atomic mass is 16.2. The lowest BCUT2D eigenvalue weighted by Crippen LogP contribution is -2.41. The van der Waals surface area contributed by atoms with E-state index in [1.54, 1.807) is 6.20 Å². The molecule has 3 heterocycles. The molecule has 7 heteroatoms. The Bertz CT molecular complexity index is 710. The molecule has 0 radical (unpaired) electrons. The van der Waals surface area contributed by atoms with E-state index in [1.807, 2.05) is 30.4 Å². The van der Waals surface area contributed by atoms with E-state index in [9.17, 15) is 4.79 Å². The number of nitrogens with zero attached hydrogens (tertiary/aromatic N) is 6. The molecule has 1 saturated heterocycles. The number of likely N-dealkylation sites (tertiary alicyclic amines) is 1. The molecule has 0 aromatic carbocycles. The molecule has 23 heavy (non-hydrogen) atoms. The van der Waals surface area contributed by atoms with Crippen LogP contribution in [-0.4, -0.2) is 48.6 Å². The maximum absolute atomic E-state index is 12.8. The number of carbonyl (C=O) groups is 1.